The zero-order chi connectivity index (χ0) is 14.7. The van der Waals surface area contributed by atoms with Crippen molar-refractivity contribution in [2.75, 3.05) is 0 Å². The SMILES string of the molecule is CC.N#Cc1c[nH]c2c[c-]ccc2c1=O.[CH2-]CCC.[Y]. The maximum atomic E-state index is 11.5. The molecule has 0 saturated heterocycles. The van der Waals surface area contributed by atoms with Crippen LogP contribution in [0.1, 0.15) is 39.2 Å². The van der Waals surface area contributed by atoms with Crippen molar-refractivity contribution < 1.29 is 32.7 Å². The van der Waals surface area contributed by atoms with Gasteiger partial charge in [0.2, 0.25) is 0 Å². The van der Waals surface area contributed by atoms with Crippen LogP contribution in [-0.4, -0.2) is 4.98 Å². The van der Waals surface area contributed by atoms with Crippen LogP contribution in [0.3, 0.4) is 0 Å². The Kier molecular flexibility index (Phi) is 13.9. The average Bonchev–Trinajstić information content (AvgIpc) is 2.50. The number of hydrogen-bond acceptors (Lipinski definition) is 2. The molecule has 0 atom stereocenters. The van der Waals surface area contributed by atoms with Crippen LogP contribution >= 0.6 is 0 Å². The van der Waals surface area contributed by atoms with E-state index >= 15 is 0 Å². The molecule has 1 N–H and O–H groups in total. The van der Waals surface area contributed by atoms with Crippen molar-refractivity contribution in [1.29, 1.82) is 5.26 Å². The molecule has 0 fully saturated rings. The molecule has 20 heavy (non-hydrogen) atoms. The van der Waals surface area contributed by atoms with Gasteiger partial charge < -0.3 is 11.9 Å². The van der Waals surface area contributed by atoms with Crippen LogP contribution in [0, 0.1) is 24.3 Å². The van der Waals surface area contributed by atoms with Crippen LogP contribution < -0.4 is 5.43 Å². The summed E-state index contributed by atoms with van der Waals surface area (Å²) in [6, 6.07) is 9.66. The van der Waals surface area contributed by atoms with E-state index in [-0.39, 0.29) is 43.7 Å². The van der Waals surface area contributed by atoms with E-state index in [1.54, 1.807) is 18.2 Å². The predicted octanol–water partition coefficient (Wildman–Crippen LogP) is 3.84. The smallest absolute Gasteiger partial charge is 0.183 e. The first-order valence-corrected chi connectivity index (χ1v) is 6.45. The first kappa shape index (κ1) is 21.3. The Morgan fingerprint density at radius 1 is 1.45 bits per heavy atom. The second-order valence-electron chi connectivity index (χ2n) is 3.47. The third kappa shape index (κ3) is 6.45. The Balaban J connectivity index is 0. The number of nitriles is 1. The Hall–Kier alpha value is -0.976. The summed E-state index contributed by atoms with van der Waals surface area (Å²) in [5.74, 6) is 0. The minimum absolute atomic E-state index is 0. The van der Waals surface area contributed by atoms with E-state index in [1.807, 2.05) is 19.9 Å². The minimum atomic E-state index is -0.231. The number of hydrogen-bond donors (Lipinski definition) is 1. The fourth-order valence-corrected chi connectivity index (χ4v) is 1.19. The molecule has 0 aliphatic carbocycles. The Labute approximate surface area is 146 Å². The van der Waals surface area contributed by atoms with Gasteiger partial charge in [0.05, 0.1) is 0 Å². The van der Waals surface area contributed by atoms with Crippen molar-refractivity contribution in [2.24, 2.45) is 0 Å². The van der Waals surface area contributed by atoms with Crippen LogP contribution in [-0.2, 0) is 32.7 Å². The van der Waals surface area contributed by atoms with Gasteiger partial charge in [0.15, 0.2) is 5.43 Å². The van der Waals surface area contributed by atoms with E-state index in [9.17, 15) is 4.79 Å². The van der Waals surface area contributed by atoms with Gasteiger partial charge in [0.25, 0.3) is 0 Å². The van der Waals surface area contributed by atoms with Crippen molar-refractivity contribution in [2.45, 2.75) is 33.6 Å². The van der Waals surface area contributed by atoms with Gasteiger partial charge in [-0.25, -0.2) is 0 Å². The second-order valence-corrected chi connectivity index (χ2v) is 3.47. The van der Waals surface area contributed by atoms with Gasteiger partial charge in [0, 0.05) is 38.9 Å². The molecule has 3 nitrogen and oxygen atoms in total. The van der Waals surface area contributed by atoms with Crippen molar-refractivity contribution in [3.8, 4) is 6.07 Å². The van der Waals surface area contributed by atoms with Gasteiger partial charge >= 0.3 is 0 Å². The van der Waals surface area contributed by atoms with Gasteiger partial charge in [-0.1, -0.05) is 38.1 Å². The van der Waals surface area contributed by atoms with Crippen molar-refractivity contribution in [1.82, 2.24) is 4.98 Å². The van der Waals surface area contributed by atoms with Gasteiger partial charge in [-0.05, 0) is 0 Å². The van der Waals surface area contributed by atoms with E-state index in [2.05, 4.69) is 24.9 Å². The fraction of sp³-hybridized carbons (Fsp3) is 0.312. The molecule has 0 saturated carbocycles. The number of aromatic amines is 1. The summed E-state index contributed by atoms with van der Waals surface area (Å²) in [5, 5.41) is 9.13. The number of pyridine rings is 1. The molecule has 4 heteroatoms. The number of aromatic nitrogens is 1. The number of nitrogens with one attached hydrogen (secondary N) is 1. The summed E-state index contributed by atoms with van der Waals surface area (Å²) in [6.45, 7) is 9.72. The summed E-state index contributed by atoms with van der Waals surface area (Å²) in [6.07, 6.45) is 3.69. The number of nitrogens with zero attached hydrogens (tertiary/aromatic N) is 1. The molecule has 0 unspecified atom stereocenters. The molecule has 1 radical (unpaired) electrons. The number of benzene rings is 1. The molecule has 0 spiro atoms. The Morgan fingerprint density at radius 3 is 2.55 bits per heavy atom. The summed E-state index contributed by atoms with van der Waals surface area (Å²) in [4.78, 5) is 14.4. The number of H-pyrrole nitrogens is 1. The maximum absolute atomic E-state index is 11.5. The van der Waals surface area contributed by atoms with Gasteiger partial charge in [-0.15, -0.1) is 0 Å². The summed E-state index contributed by atoms with van der Waals surface area (Å²) in [7, 11) is 0. The van der Waals surface area contributed by atoms with E-state index < -0.39 is 0 Å². The Bertz CT molecular complexity index is 583. The monoisotopic (exact) mass is 345 g/mol. The molecule has 2 rings (SSSR count). The van der Waals surface area contributed by atoms with Gasteiger partial charge in [-0.3, -0.25) is 4.79 Å². The van der Waals surface area contributed by atoms with Gasteiger partial charge in [-0.2, -0.15) is 35.9 Å². The van der Waals surface area contributed by atoms with Gasteiger partial charge in [0.1, 0.15) is 11.6 Å². The van der Waals surface area contributed by atoms with Crippen molar-refractivity contribution >= 4 is 10.9 Å². The predicted molar refractivity (Wildman–Crippen MR) is 79.7 cm³/mol. The zero-order valence-corrected chi connectivity index (χ0v) is 15.2. The van der Waals surface area contributed by atoms with Crippen LogP contribution in [0.25, 0.3) is 10.9 Å². The van der Waals surface area contributed by atoms with Crippen LogP contribution in [0.2, 0.25) is 0 Å². The number of rotatable bonds is 1. The van der Waals surface area contributed by atoms with Crippen LogP contribution in [0.4, 0.5) is 0 Å². The molecular weight excluding hydrogens is 325 g/mol. The zero-order valence-electron chi connectivity index (χ0n) is 12.4. The minimum Gasteiger partial charge on any atom is -0.413 e. The molecule has 1 heterocycles. The molecule has 1 aromatic carbocycles. The molecule has 0 bridgehead atoms. The maximum Gasteiger partial charge on any atom is 0.183 e. The van der Waals surface area contributed by atoms with Crippen molar-refractivity contribution in [3.63, 3.8) is 0 Å². The molecular formula is C16H20N2OY-2. The topological polar surface area (TPSA) is 56.6 Å². The van der Waals surface area contributed by atoms with Crippen LogP contribution in [0.15, 0.2) is 29.2 Å². The summed E-state index contributed by atoms with van der Waals surface area (Å²) >= 11 is 0. The first-order chi connectivity index (χ1) is 9.24. The average molecular weight is 345 g/mol. The quantitative estimate of drug-likeness (QED) is 0.799. The molecule has 0 aliphatic heterocycles. The normalized spacial score (nSPS) is 8.15. The third-order valence-electron chi connectivity index (χ3n) is 2.20. The molecule has 1 aromatic heterocycles. The van der Waals surface area contributed by atoms with E-state index in [1.165, 1.54) is 12.6 Å². The summed E-state index contributed by atoms with van der Waals surface area (Å²) in [5.41, 5.74) is 0.607. The summed E-state index contributed by atoms with van der Waals surface area (Å²) < 4.78 is 0. The standard InChI is InChI=1S/C10H5N2O.C4H9.C2H6.Y/c11-5-7-6-12-9-4-2-1-3-8(9)10(7)13;1-3-4-2;1-2;/h1,3-4,6H,(H,12,13);1,3-4H2,2H3;1-2H3;/q2*-1;;. The van der Waals surface area contributed by atoms with Crippen molar-refractivity contribution in [3.05, 3.63) is 53.2 Å². The largest absolute Gasteiger partial charge is 0.413 e. The number of unbranched alkanes of at least 4 members (excludes halogenated alkanes) is 1. The van der Waals surface area contributed by atoms with E-state index in [0.717, 1.165) is 6.42 Å². The van der Waals surface area contributed by atoms with E-state index in [4.69, 9.17) is 5.26 Å². The molecule has 0 aliphatic rings. The molecule has 2 aromatic rings. The Morgan fingerprint density at radius 2 is 2.05 bits per heavy atom. The third-order valence-corrected chi connectivity index (χ3v) is 2.20. The van der Waals surface area contributed by atoms with Crippen LogP contribution in [0.5, 0.6) is 0 Å². The fourth-order valence-electron chi connectivity index (χ4n) is 1.19. The first-order valence-electron chi connectivity index (χ1n) is 6.45. The molecule has 0 amide bonds. The molecule has 105 valence electrons. The van der Waals surface area contributed by atoms with E-state index in [0.29, 0.717) is 10.9 Å². The second kappa shape index (κ2) is 13.0. The number of fused-ring (bicyclic) bond motifs is 1.